The van der Waals surface area contributed by atoms with Gasteiger partial charge in [-0.2, -0.15) is 5.01 Å². The number of hydrazine groups is 1. The summed E-state index contributed by atoms with van der Waals surface area (Å²) in [5, 5.41) is 10.5. The number of ether oxygens (including phenoxy) is 1. The average molecular weight is 696 g/mol. The summed E-state index contributed by atoms with van der Waals surface area (Å²) in [6.07, 6.45) is 3.48. The second kappa shape index (κ2) is 13.2. The number of anilines is 2. The van der Waals surface area contributed by atoms with Gasteiger partial charge < -0.3 is 9.84 Å². The number of amides is 4. The minimum atomic E-state index is -1.35. The lowest BCUT2D eigenvalue weighted by Crippen LogP contribution is -2.53. The van der Waals surface area contributed by atoms with E-state index < -0.39 is 35.0 Å². The molecule has 0 aromatic heterocycles. The van der Waals surface area contributed by atoms with Crippen LogP contribution in [0.4, 0.5) is 11.4 Å². The van der Waals surface area contributed by atoms with E-state index in [0.29, 0.717) is 29.1 Å². The fourth-order valence-corrected chi connectivity index (χ4v) is 9.18. The number of fused-ring (bicyclic) bond motifs is 4. The topological polar surface area (TPSA) is 116 Å². The first-order chi connectivity index (χ1) is 25.3. The van der Waals surface area contributed by atoms with Crippen LogP contribution in [0.3, 0.4) is 0 Å². The Kier molecular flexibility index (Phi) is 8.54. The van der Waals surface area contributed by atoms with Crippen molar-refractivity contribution in [3.05, 3.63) is 137 Å². The molecule has 3 fully saturated rings. The second-order valence-corrected chi connectivity index (χ2v) is 14.3. The molecule has 4 amide bonds. The Morgan fingerprint density at radius 1 is 0.827 bits per heavy atom. The number of rotatable bonds is 9. The van der Waals surface area contributed by atoms with Crippen LogP contribution in [0.1, 0.15) is 47.9 Å². The molecule has 2 aliphatic heterocycles. The number of aliphatic hydroxyl groups is 1. The summed E-state index contributed by atoms with van der Waals surface area (Å²) in [7, 11) is 0. The molecule has 9 heteroatoms. The Hall–Kier alpha value is -5.54. The quantitative estimate of drug-likeness (QED) is 0.160. The molecule has 4 aromatic carbocycles. The standard InChI is InChI=1S/C43H41N3O6/c1-3-27-11-17-31(18-12-27)45-39(48)34-22-21-33-35(37(34)41(45)50)25-36-40(49)46(44-30-15-9-26(2)10-16-30)42(51)43(36,29-7-5-4-6-8-29)38(33)28-13-19-32(20-14-28)52-24-23-47/h4-21,34-38,44,47H,3,22-25H2,1-2H3/t34-,35+,36-,37-,38-,43+/m0/s1. The van der Waals surface area contributed by atoms with Gasteiger partial charge in [-0.3, -0.25) is 29.5 Å². The van der Waals surface area contributed by atoms with Crippen molar-refractivity contribution in [1.29, 1.82) is 0 Å². The first kappa shape index (κ1) is 33.6. The Morgan fingerprint density at radius 2 is 1.54 bits per heavy atom. The van der Waals surface area contributed by atoms with Crippen molar-refractivity contribution < 1.29 is 29.0 Å². The molecular weight excluding hydrogens is 654 g/mol. The first-order valence-corrected chi connectivity index (χ1v) is 18.1. The predicted octanol–water partition coefficient (Wildman–Crippen LogP) is 6.12. The maximum Gasteiger partial charge on any atom is 0.260 e. The summed E-state index contributed by atoms with van der Waals surface area (Å²) in [5.41, 5.74) is 7.51. The number of aliphatic hydroxyl groups excluding tert-OH is 1. The maximum atomic E-state index is 15.3. The number of nitrogens with one attached hydrogen (secondary N) is 1. The molecule has 1 saturated carbocycles. The monoisotopic (exact) mass is 695 g/mol. The normalized spacial score (nSPS) is 26.5. The van der Waals surface area contributed by atoms with Crippen molar-refractivity contribution in [2.24, 2.45) is 23.7 Å². The molecule has 52 heavy (non-hydrogen) atoms. The van der Waals surface area contributed by atoms with Crippen LogP contribution in [0.2, 0.25) is 0 Å². The van der Waals surface area contributed by atoms with Crippen LogP contribution in [-0.2, 0) is 31.0 Å². The fourth-order valence-electron chi connectivity index (χ4n) is 9.18. The molecule has 8 rings (SSSR count). The molecule has 0 bridgehead atoms. The molecule has 2 heterocycles. The van der Waals surface area contributed by atoms with E-state index in [1.54, 1.807) is 0 Å². The van der Waals surface area contributed by atoms with Gasteiger partial charge in [0.05, 0.1) is 41.2 Å². The SMILES string of the molecule is CCc1ccc(N2C(=O)[C@H]3[C@H](CC=C4[C@H]3C[C@H]3C(=O)N(Nc5ccc(C)cc5)C(=O)[C@@]3(c3ccccc3)[C@H]4c3ccc(OCCO)cc3)C2=O)cc1. The van der Waals surface area contributed by atoms with Crippen molar-refractivity contribution >= 4 is 35.0 Å². The lowest BCUT2D eigenvalue weighted by atomic mass is 9.49. The number of carbonyl (C=O) groups excluding carboxylic acids is 4. The van der Waals surface area contributed by atoms with Crippen LogP contribution >= 0.6 is 0 Å². The van der Waals surface area contributed by atoms with Gasteiger partial charge in [-0.1, -0.05) is 90.9 Å². The van der Waals surface area contributed by atoms with Gasteiger partial charge in [0.15, 0.2) is 0 Å². The van der Waals surface area contributed by atoms with Gasteiger partial charge in [0.1, 0.15) is 12.4 Å². The second-order valence-electron chi connectivity index (χ2n) is 14.3. The van der Waals surface area contributed by atoms with Crippen molar-refractivity contribution in [3.8, 4) is 5.75 Å². The van der Waals surface area contributed by atoms with E-state index in [1.807, 2.05) is 110 Å². The van der Waals surface area contributed by atoms with E-state index in [9.17, 15) is 19.5 Å². The predicted molar refractivity (Wildman–Crippen MR) is 196 cm³/mol. The third kappa shape index (κ3) is 5.17. The third-order valence-corrected chi connectivity index (χ3v) is 11.6. The van der Waals surface area contributed by atoms with Gasteiger partial charge >= 0.3 is 0 Å². The van der Waals surface area contributed by atoms with E-state index in [4.69, 9.17) is 4.74 Å². The van der Waals surface area contributed by atoms with Gasteiger partial charge in [0.25, 0.3) is 11.8 Å². The number of hydrogen-bond donors (Lipinski definition) is 2. The number of carbonyl (C=O) groups is 4. The molecular formula is C43H41N3O6. The highest BCUT2D eigenvalue weighted by Gasteiger charge is 2.70. The summed E-state index contributed by atoms with van der Waals surface area (Å²) in [6, 6.07) is 32.0. The van der Waals surface area contributed by atoms with Crippen LogP contribution in [0, 0.1) is 30.6 Å². The van der Waals surface area contributed by atoms with Crippen LogP contribution in [0.25, 0.3) is 0 Å². The number of allylic oxidation sites excluding steroid dienone is 2. The Labute approximate surface area is 302 Å². The Balaban J connectivity index is 1.28. The molecule has 6 atom stereocenters. The zero-order chi connectivity index (χ0) is 36.1. The van der Waals surface area contributed by atoms with Crippen molar-refractivity contribution in [2.45, 2.75) is 44.4 Å². The highest BCUT2D eigenvalue weighted by atomic mass is 16.5. The Morgan fingerprint density at radius 3 is 2.21 bits per heavy atom. The number of imide groups is 2. The molecule has 9 nitrogen and oxygen atoms in total. The van der Waals surface area contributed by atoms with Crippen molar-refractivity contribution in [2.75, 3.05) is 23.5 Å². The first-order valence-electron chi connectivity index (χ1n) is 18.1. The zero-order valence-corrected chi connectivity index (χ0v) is 29.2. The molecule has 0 radical (unpaired) electrons. The maximum absolute atomic E-state index is 15.3. The van der Waals surface area contributed by atoms with Crippen LogP contribution in [0.15, 0.2) is 115 Å². The summed E-state index contributed by atoms with van der Waals surface area (Å²) in [6.45, 7) is 4.03. The summed E-state index contributed by atoms with van der Waals surface area (Å²) in [5.74, 6) is -3.84. The average Bonchev–Trinajstić information content (AvgIpc) is 3.56. The summed E-state index contributed by atoms with van der Waals surface area (Å²) >= 11 is 0. The van der Waals surface area contributed by atoms with Gasteiger partial charge in [-0.15, -0.1) is 0 Å². The van der Waals surface area contributed by atoms with E-state index in [2.05, 4.69) is 18.4 Å². The highest BCUT2D eigenvalue weighted by molar-refractivity contribution is 6.22. The van der Waals surface area contributed by atoms with E-state index in [1.165, 1.54) is 9.91 Å². The van der Waals surface area contributed by atoms with Gasteiger partial charge in [0, 0.05) is 5.92 Å². The van der Waals surface area contributed by atoms with Gasteiger partial charge in [-0.25, -0.2) is 0 Å². The number of aryl methyl sites for hydroxylation is 2. The third-order valence-electron chi connectivity index (χ3n) is 11.6. The van der Waals surface area contributed by atoms with Gasteiger partial charge in [0.2, 0.25) is 11.8 Å². The highest BCUT2D eigenvalue weighted by Crippen LogP contribution is 2.64. The molecule has 2 saturated heterocycles. The molecule has 4 aromatic rings. The van der Waals surface area contributed by atoms with Crippen molar-refractivity contribution in [3.63, 3.8) is 0 Å². The number of hydrogen-bond acceptors (Lipinski definition) is 7. The largest absolute Gasteiger partial charge is 0.491 e. The minimum Gasteiger partial charge on any atom is -0.491 e. The van der Waals surface area contributed by atoms with Crippen LogP contribution in [-0.4, -0.2) is 47.0 Å². The number of nitrogens with zero attached hydrogens (tertiary/aromatic N) is 2. The molecule has 264 valence electrons. The number of benzene rings is 4. The zero-order valence-electron chi connectivity index (χ0n) is 29.2. The minimum absolute atomic E-state index is 0.132. The summed E-state index contributed by atoms with van der Waals surface area (Å²) in [4.78, 5) is 60.0. The van der Waals surface area contributed by atoms with E-state index in [0.717, 1.165) is 28.7 Å². The molecule has 2 aliphatic carbocycles. The van der Waals surface area contributed by atoms with Crippen LogP contribution in [0.5, 0.6) is 5.75 Å². The molecule has 0 unspecified atom stereocenters. The van der Waals surface area contributed by atoms with E-state index >= 15 is 4.79 Å². The smallest absolute Gasteiger partial charge is 0.260 e. The molecule has 0 spiro atoms. The van der Waals surface area contributed by atoms with E-state index in [-0.39, 0.29) is 43.3 Å². The fraction of sp³-hybridized carbons (Fsp3) is 0.302. The molecule has 4 aliphatic rings. The Bertz CT molecular complexity index is 2060. The lowest BCUT2D eigenvalue weighted by Gasteiger charge is -2.50. The summed E-state index contributed by atoms with van der Waals surface area (Å²) < 4.78 is 5.69. The van der Waals surface area contributed by atoms with Gasteiger partial charge in [-0.05, 0) is 85.2 Å². The lowest BCUT2D eigenvalue weighted by molar-refractivity contribution is -0.138. The van der Waals surface area contributed by atoms with Crippen molar-refractivity contribution in [1.82, 2.24) is 5.01 Å². The van der Waals surface area contributed by atoms with Crippen LogP contribution < -0.4 is 15.1 Å². The molecule has 2 N–H and O–H groups in total.